The van der Waals surface area contributed by atoms with Gasteiger partial charge in [0.25, 0.3) is 5.91 Å². The van der Waals surface area contributed by atoms with Gasteiger partial charge in [-0.05, 0) is 74.4 Å². The number of nitrogens with zero attached hydrogens (tertiary/aromatic N) is 2. The van der Waals surface area contributed by atoms with Crippen molar-refractivity contribution in [1.29, 1.82) is 0 Å². The van der Waals surface area contributed by atoms with Crippen molar-refractivity contribution in [2.75, 3.05) is 5.32 Å². The second-order valence-corrected chi connectivity index (χ2v) is 7.29. The molecule has 0 spiro atoms. The number of hydrogen-bond donors (Lipinski definition) is 1. The zero-order chi connectivity index (χ0) is 19.7. The molecule has 0 saturated heterocycles. The van der Waals surface area contributed by atoms with E-state index in [1.165, 1.54) is 12.1 Å². The number of carbonyl (C=O) groups excluding carboxylic acids is 1. The highest BCUT2D eigenvalue weighted by molar-refractivity contribution is 6.05. The van der Waals surface area contributed by atoms with E-state index in [1.54, 1.807) is 16.8 Å². The van der Waals surface area contributed by atoms with Crippen LogP contribution in [0.5, 0.6) is 0 Å². The maximum Gasteiger partial charge on any atom is 0.276 e. The summed E-state index contributed by atoms with van der Waals surface area (Å²) < 4.78 is 15.1. The molecule has 0 fully saturated rings. The van der Waals surface area contributed by atoms with Crippen LogP contribution in [0.25, 0.3) is 5.69 Å². The van der Waals surface area contributed by atoms with Crippen molar-refractivity contribution in [3.05, 3.63) is 76.4 Å². The van der Waals surface area contributed by atoms with E-state index in [0.29, 0.717) is 5.69 Å². The summed E-state index contributed by atoms with van der Waals surface area (Å²) in [6.45, 7) is 4.08. The highest BCUT2D eigenvalue weighted by atomic mass is 19.1. The van der Waals surface area contributed by atoms with Crippen molar-refractivity contribution in [3.63, 3.8) is 0 Å². The molecule has 1 aromatic heterocycles. The number of para-hydroxylation sites is 1. The minimum atomic E-state index is -0.283. The first-order valence-corrected chi connectivity index (χ1v) is 9.85. The van der Waals surface area contributed by atoms with Gasteiger partial charge in [0.2, 0.25) is 0 Å². The number of nitrogens with one attached hydrogen (secondary N) is 1. The minimum absolute atomic E-state index is 0.178. The molecule has 144 valence electrons. The lowest BCUT2D eigenvalue weighted by Gasteiger charge is -2.15. The molecule has 1 amide bonds. The zero-order valence-electron chi connectivity index (χ0n) is 16.3. The molecule has 1 heterocycles. The summed E-state index contributed by atoms with van der Waals surface area (Å²) >= 11 is 0. The van der Waals surface area contributed by atoms with E-state index < -0.39 is 0 Å². The van der Waals surface area contributed by atoms with Crippen LogP contribution in [0, 0.1) is 12.7 Å². The van der Waals surface area contributed by atoms with E-state index in [-0.39, 0.29) is 11.7 Å². The first-order valence-electron chi connectivity index (χ1n) is 9.85. The maximum absolute atomic E-state index is 13.3. The molecule has 0 aliphatic heterocycles. The topological polar surface area (TPSA) is 46.9 Å². The summed E-state index contributed by atoms with van der Waals surface area (Å²) in [6, 6.07) is 12.3. The summed E-state index contributed by atoms with van der Waals surface area (Å²) in [7, 11) is 0. The van der Waals surface area contributed by atoms with Crippen molar-refractivity contribution in [2.45, 2.75) is 46.0 Å². The van der Waals surface area contributed by atoms with E-state index in [1.807, 2.05) is 25.1 Å². The second-order valence-electron chi connectivity index (χ2n) is 7.29. The monoisotopic (exact) mass is 377 g/mol. The molecule has 1 N–H and O–H groups in total. The van der Waals surface area contributed by atoms with Crippen LogP contribution in [0.1, 0.15) is 52.6 Å². The number of aryl methyl sites for hydroxylation is 2. The number of benzene rings is 2. The predicted octanol–water partition coefficient (Wildman–Crippen LogP) is 5.01. The summed E-state index contributed by atoms with van der Waals surface area (Å²) in [5, 5.41) is 7.75. The number of halogens is 1. The Bertz CT molecular complexity index is 1020. The molecule has 3 aromatic rings. The van der Waals surface area contributed by atoms with Gasteiger partial charge >= 0.3 is 0 Å². The fourth-order valence-electron chi connectivity index (χ4n) is 3.95. The van der Waals surface area contributed by atoms with Gasteiger partial charge in [-0.2, -0.15) is 5.10 Å². The number of fused-ring (bicyclic) bond motifs is 1. The molecule has 1 aliphatic rings. The van der Waals surface area contributed by atoms with E-state index in [0.717, 1.165) is 65.9 Å². The first kappa shape index (κ1) is 18.4. The molecule has 0 bridgehead atoms. The smallest absolute Gasteiger partial charge is 0.276 e. The molecule has 28 heavy (non-hydrogen) atoms. The standard InChI is InChI=1S/C23H24FN3O/c1-3-16-8-6-7-15(2)21(16)25-23(28)22-19-9-4-5-10-20(19)27(26-22)18-13-11-17(24)12-14-18/h6-8,11-14H,3-5,9-10H2,1-2H3,(H,25,28). The van der Waals surface area contributed by atoms with Crippen LogP contribution < -0.4 is 5.32 Å². The lowest BCUT2D eigenvalue weighted by Crippen LogP contribution is -2.17. The Kier molecular flexibility index (Phi) is 4.99. The van der Waals surface area contributed by atoms with E-state index in [4.69, 9.17) is 0 Å². The third kappa shape index (κ3) is 3.33. The number of amides is 1. The third-order valence-electron chi connectivity index (χ3n) is 5.45. The number of anilines is 1. The molecular weight excluding hydrogens is 353 g/mol. The molecule has 4 nitrogen and oxygen atoms in total. The Balaban J connectivity index is 1.74. The van der Waals surface area contributed by atoms with Gasteiger partial charge < -0.3 is 5.32 Å². The Morgan fingerprint density at radius 2 is 1.89 bits per heavy atom. The van der Waals surface area contributed by atoms with Gasteiger partial charge in [-0.1, -0.05) is 25.1 Å². The van der Waals surface area contributed by atoms with Gasteiger partial charge in [-0.25, -0.2) is 9.07 Å². The molecular formula is C23H24FN3O. The second kappa shape index (κ2) is 7.58. The Hall–Kier alpha value is -2.95. The van der Waals surface area contributed by atoms with Crippen LogP contribution in [0.3, 0.4) is 0 Å². The number of hydrogen-bond acceptors (Lipinski definition) is 2. The molecule has 1 aliphatic carbocycles. The van der Waals surface area contributed by atoms with Crippen LogP contribution >= 0.6 is 0 Å². The SMILES string of the molecule is CCc1cccc(C)c1NC(=O)c1nn(-c2ccc(F)cc2)c2c1CCCC2. The van der Waals surface area contributed by atoms with E-state index >= 15 is 0 Å². The minimum Gasteiger partial charge on any atom is -0.320 e. The van der Waals surface area contributed by atoms with E-state index in [2.05, 4.69) is 17.3 Å². The molecule has 0 radical (unpaired) electrons. The average molecular weight is 377 g/mol. The largest absolute Gasteiger partial charge is 0.320 e. The highest BCUT2D eigenvalue weighted by Gasteiger charge is 2.26. The van der Waals surface area contributed by atoms with Crippen LogP contribution in [-0.2, 0) is 19.3 Å². The predicted molar refractivity (Wildman–Crippen MR) is 109 cm³/mol. The Labute approximate surface area is 164 Å². The quantitative estimate of drug-likeness (QED) is 0.694. The normalized spacial score (nSPS) is 13.2. The lowest BCUT2D eigenvalue weighted by molar-refractivity contribution is 0.102. The van der Waals surface area contributed by atoms with Gasteiger partial charge in [-0.3, -0.25) is 4.79 Å². The van der Waals surface area contributed by atoms with Crippen LogP contribution in [-0.4, -0.2) is 15.7 Å². The maximum atomic E-state index is 13.3. The summed E-state index contributed by atoms with van der Waals surface area (Å²) in [5.41, 5.74) is 6.35. The van der Waals surface area contributed by atoms with Gasteiger partial charge in [0.05, 0.1) is 5.69 Å². The summed E-state index contributed by atoms with van der Waals surface area (Å²) in [5.74, 6) is -0.461. The van der Waals surface area contributed by atoms with Crippen molar-refractivity contribution in [1.82, 2.24) is 9.78 Å². The Morgan fingerprint density at radius 3 is 2.64 bits per heavy atom. The highest BCUT2D eigenvalue weighted by Crippen LogP contribution is 2.29. The van der Waals surface area contributed by atoms with Gasteiger partial charge in [0, 0.05) is 16.9 Å². The zero-order valence-corrected chi connectivity index (χ0v) is 16.3. The van der Waals surface area contributed by atoms with E-state index in [9.17, 15) is 9.18 Å². The van der Waals surface area contributed by atoms with Crippen molar-refractivity contribution >= 4 is 11.6 Å². The lowest BCUT2D eigenvalue weighted by atomic mass is 9.95. The molecule has 0 saturated carbocycles. The van der Waals surface area contributed by atoms with Crippen LogP contribution in [0.2, 0.25) is 0 Å². The average Bonchev–Trinajstić information content (AvgIpc) is 3.10. The number of carbonyl (C=O) groups is 1. The fraction of sp³-hybridized carbons (Fsp3) is 0.304. The molecule has 0 unspecified atom stereocenters. The van der Waals surface area contributed by atoms with Crippen LogP contribution in [0.15, 0.2) is 42.5 Å². The molecule has 5 heteroatoms. The molecule has 0 atom stereocenters. The van der Waals surface area contributed by atoms with Gasteiger partial charge in [0.1, 0.15) is 5.82 Å². The summed E-state index contributed by atoms with van der Waals surface area (Å²) in [4.78, 5) is 13.2. The van der Waals surface area contributed by atoms with Crippen LogP contribution in [0.4, 0.5) is 10.1 Å². The van der Waals surface area contributed by atoms with Crippen molar-refractivity contribution < 1.29 is 9.18 Å². The fourth-order valence-corrected chi connectivity index (χ4v) is 3.95. The van der Waals surface area contributed by atoms with Gasteiger partial charge in [-0.15, -0.1) is 0 Å². The molecule has 4 rings (SSSR count). The number of aromatic nitrogens is 2. The third-order valence-corrected chi connectivity index (χ3v) is 5.45. The van der Waals surface area contributed by atoms with Crippen molar-refractivity contribution in [3.8, 4) is 5.69 Å². The Morgan fingerprint density at radius 1 is 1.14 bits per heavy atom. The summed E-state index contributed by atoms with van der Waals surface area (Å²) in [6.07, 6.45) is 4.68. The van der Waals surface area contributed by atoms with Crippen molar-refractivity contribution in [2.24, 2.45) is 0 Å². The first-order chi connectivity index (χ1) is 13.6. The number of rotatable bonds is 4. The molecule has 2 aromatic carbocycles. The van der Waals surface area contributed by atoms with Gasteiger partial charge in [0.15, 0.2) is 5.69 Å².